The predicted octanol–water partition coefficient (Wildman–Crippen LogP) is 4.17. The van der Waals surface area contributed by atoms with Gasteiger partial charge in [-0.05, 0) is 25.0 Å². The molecule has 0 saturated carbocycles. The van der Waals surface area contributed by atoms with Crippen LogP contribution in [0.4, 0.5) is 5.69 Å². The number of hydrogen-bond acceptors (Lipinski definition) is 3. The van der Waals surface area contributed by atoms with Crippen LogP contribution in [0.5, 0.6) is 0 Å². The van der Waals surface area contributed by atoms with Crippen LogP contribution in [0.2, 0.25) is 0 Å². The van der Waals surface area contributed by atoms with E-state index in [1.54, 1.807) is 12.4 Å². The summed E-state index contributed by atoms with van der Waals surface area (Å²) in [6, 6.07) is 12.2. The maximum absolute atomic E-state index is 12.1. The third kappa shape index (κ3) is 5.40. The first kappa shape index (κ1) is 17.0. The second kappa shape index (κ2) is 8.93. The molecule has 1 unspecified atom stereocenters. The van der Waals surface area contributed by atoms with Crippen LogP contribution >= 0.6 is 0 Å². The number of carbonyl (C=O) groups is 1. The largest absolute Gasteiger partial charge is 0.377 e. The highest BCUT2D eigenvalue weighted by Crippen LogP contribution is 2.19. The summed E-state index contributed by atoms with van der Waals surface area (Å²) in [4.78, 5) is 16.3. The maximum Gasteiger partial charge on any atom is 0.252 e. The second-order valence-corrected chi connectivity index (χ2v) is 5.70. The Labute approximate surface area is 138 Å². The number of unbranched alkanes of at least 4 members (excludes halogenated alkanes) is 2. The lowest BCUT2D eigenvalue weighted by atomic mass is 10.1. The number of rotatable bonds is 8. The molecule has 2 aromatic rings. The van der Waals surface area contributed by atoms with Crippen LogP contribution in [0.15, 0.2) is 48.8 Å². The van der Waals surface area contributed by atoms with E-state index in [9.17, 15) is 4.79 Å². The summed E-state index contributed by atoms with van der Waals surface area (Å²) in [5.41, 5.74) is 2.64. The zero-order valence-electron chi connectivity index (χ0n) is 13.9. The van der Waals surface area contributed by atoms with Crippen LogP contribution in [-0.2, 0) is 0 Å². The van der Waals surface area contributed by atoms with Crippen molar-refractivity contribution in [1.29, 1.82) is 0 Å². The fraction of sp³-hybridized carbons (Fsp3) is 0.368. The molecule has 0 aliphatic rings. The standard InChI is InChI=1S/C19H25N3O/c1-3-4-8-11-21-19(23)17-12-18(14-20-13-17)22-15(2)16-9-6-5-7-10-16/h5-7,9-10,12-15,22H,3-4,8,11H2,1-2H3,(H,21,23). The first-order chi connectivity index (χ1) is 11.2. The van der Waals surface area contributed by atoms with Crippen molar-refractivity contribution in [2.24, 2.45) is 0 Å². The van der Waals surface area contributed by atoms with E-state index >= 15 is 0 Å². The minimum Gasteiger partial charge on any atom is -0.377 e. The molecule has 1 atom stereocenters. The Morgan fingerprint density at radius 1 is 1.17 bits per heavy atom. The summed E-state index contributed by atoms with van der Waals surface area (Å²) in [6.45, 7) is 4.95. The fourth-order valence-electron chi connectivity index (χ4n) is 2.40. The van der Waals surface area contributed by atoms with E-state index in [-0.39, 0.29) is 11.9 Å². The van der Waals surface area contributed by atoms with Crippen molar-refractivity contribution in [2.75, 3.05) is 11.9 Å². The number of anilines is 1. The molecule has 0 bridgehead atoms. The van der Waals surface area contributed by atoms with Crippen LogP contribution in [0, 0.1) is 0 Å². The molecule has 2 rings (SSSR count). The van der Waals surface area contributed by atoms with Crippen molar-refractivity contribution >= 4 is 11.6 Å². The Balaban J connectivity index is 1.95. The Morgan fingerprint density at radius 3 is 2.70 bits per heavy atom. The number of amides is 1. The Bertz CT molecular complexity index is 613. The lowest BCUT2D eigenvalue weighted by Gasteiger charge is -2.16. The van der Waals surface area contributed by atoms with E-state index in [2.05, 4.69) is 41.6 Å². The molecule has 4 heteroatoms. The lowest BCUT2D eigenvalue weighted by molar-refractivity contribution is 0.0952. The van der Waals surface area contributed by atoms with Crippen LogP contribution in [0.25, 0.3) is 0 Å². The van der Waals surface area contributed by atoms with Gasteiger partial charge >= 0.3 is 0 Å². The van der Waals surface area contributed by atoms with E-state index in [0.717, 1.165) is 24.9 Å². The molecule has 0 aliphatic heterocycles. The first-order valence-electron chi connectivity index (χ1n) is 8.25. The summed E-state index contributed by atoms with van der Waals surface area (Å²) in [5.74, 6) is -0.0652. The van der Waals surface area contributed by atoms with Gasteiger partial charge in [0.1, 0.15) is 0 Å². The van der Waals surface area contributed by atoms with E-state index in [4.69, 9.17) is 0 Å². The monoisotopic (exact) mass is 311 g/mol. The lowest BCUT2D eigenvalue weighted by Crippen LogP contribution is -2.24. The minimum atomic E-state index is -0.0652. The smallest absolute Gasteiger partial charge is 0.252 e. The zero-order valence-corrected chi connectivity index (χ0v) is 13.9. The number of aromatic nitrogens is 1. The number of nitrogens with zero attached hydrogens (tertiary/aromatic N) is 1. The molecule has 23 heavy (non-hydrogen) atoms. The zero-order chi connectivity index (χ0) is 16.5. The van der Waals surface area contributed by atoms with Crippen molar-refractivity contribution < 1.29 is 4.79 Å². The van der Waals surface area contributed by atoms with E-state index < -0.39 is 0 Å². The summed E-state index contributed by atoms with van der Waals surface area (Å²) in [5, 5.41) is 6.33. The second-order valence-electron chi connectivity index (χ2n) is 5.70. The van der Waals surface area contributed by atoms with Crippen LogP contribution in [0.3, 0.4) is 0 Å². The summed E-state index contributed by atoms with van der Waals surface area (Å²) in [6.07, 6.45) is 6.64. The van der Waals surface area contributed by atoms with E-state index in [1.807, 2.05) is 24.3 Å². The average molecular weight is 311 g/mol. The molecule has 0 saturated heterocycles. The Hall–Kier alpha value is -2.36. The van der Waals surface area contributed by atoms with Gasteiger partial charge in [0.2, 0.25) is 0 Å². The number of benzene rings is 1. The first-order valence-corrected chi connectivity index (χ1v) is 8.25. The van der Waals surface area contributed by atoms with Gasteiger partial charge in [0.25, 0.3) is 5.91 Å². The highest BCUT2D eigenvalue weighted by atomic mass is 16.1. The normalized spacial score (nSPS) is 11.7. The van der Waals surface area contributed by atoms with Crippen molar-refractivity contribution in [1.82, 2.24) is 10.3 Å². The molecular weight excluding hydrogens is 286 g/mol. The molecule has 1 aromatic heterocycles. The third-order valence-electron chi connectivity index (χ3n) is 3.75. The van der Waals surface area contributed by atoms with Crippen LogP contribution in [-0.4, -0.2) is 17.4 Å². The highest BCUT2D eigenvalue weighted by molar-refractivity contribution is 5.94. The van der Waals surface area contributed by atoms with Crippen molar-refractivity contribution in [3.63, 3.8) is 0 Å². The van der Waals surface area contributed by atoms with Crippen LogP contribution < -0.4 is 10.6 Å². The SMILES string of the molecule is CCCCCNC(=O)c1cncc(NC(C)c2ccccc2)c1. The summed E-state index contributed by atoms with van der Waals surface area (Å²) < 4.78 is 0. The molecule has 0 spiro atoms. The minimum absolute atomic E-state index is 0.0652. The third-order valence-corrected chi connectivity index (χ3v) is 3.75. The summed E-state index contributed by atoms with van der Waals surface area (Å²) >= 11 is 0. The molecular formula is C19H25N3O. The molecule has 4 nitrogen and oxygen atoms in total. The van der Waals surface area contributed by atoms with Gasteiger partial charge in [-0.1, -0.05) is 50.1 Å². The molecule has 0 fully saturated rings. The van der Waals surface area contributed by atoms with E-state index in [1.165, 1.54) is 5.56 Å². The highest BCUT2D eigenvalue weighted by Gasteiger charge is 2.09. The van der Waals surface area contributed by atoms with Crippen molar-refractivity contribution in [3.05, 3.63) is 59.9 Å². The van der Waals surface area contributed by atoms with Gasteiger partial charge in [-0.3, -0.25) is 9.78 Å². The fourth-order valence-corrected chi connectivity index (χ4v) is 2.40. The number of carbonyl (C=O) groups excluding carboxylic acids is 1. The molecule has 0 aliphatic carbocycles. The van der Waals surface area contributed by atoms with E-state index in [0.29, 0.717) is 12.1 Å². The number of pyridine rings is 1. The molecule has 1 aromatic carbocycles. The van der Waals surface area contributed by atoms with Crippen molar-refractivity contribution in [3.8, 4) is 0 Å². The molecule has 1 heterocycles. The van der Waals surface area contributed by atoms with Gasteiger partial charge in [-0.2, -0.15) is 0 Å². The predicted molar refractivity (Wildman–Crippen MR) is 94.6 cm³/mol. The quantitative estimate of drug-likeness (QED) is 0.719. The maximum atomic E-state index is 12.1. The van der Waals surface area contributed by atoms with Crippen LogP contribution in [0.1, 0.15) is 55.1 Å². The van der Waals surface area contributed by atoms with Gasteiger partial charge in [0.15, 0.2) is 0 Å². The average Bonchev–Trinajstić information content (AvgIpc) is 2.59. The van der Waals surface area contributed by atoms with Gasteiger partial charge < -0.3 is 10.6 Å². The number of nitrogens with one attached hydrogen (secondary N) is 2. The van der Waals surface area contributed by atoms with Gasteiger partial charge in [0.05, 0.1) is 11.3 Å². The molecule has 2 N–H and O–H groups in total. The Morgan fingerprint density at radius 2 is 1.96 bits per heavy atom. The van der Waals surface area contributed by atoms with Gasteiger partial charge in [-0.25, -0.2) is 0 Å². The van der Waals surface area contributed by atoms with Gasteiger partial charge in [0, 0.05) is 25.0 Å². The van der Waals surface area contributed by atoms with Crippen molar-refractivity contribution in [2.45, 2.75) is 39.2 Å². The number of hydrogen-bond donors (Lipinski definition) is 2. The topological polar surface area (TPSA) is 54.0 Å². The molecule has 1 amide bonds. The Kier molecular flexibility index (Phi) is 6.60. The van der Waals surface area contributed by atoms with Gasteiger partial charge in [-0.15, -0.1) is 0 Å². The molecule has 0 radical (unpaired) electrons. The summed E-state index contributed by atoms with van der Waals surface area (Å²) in [7, 11) is 0. The molecule has 122 valence electrons.